The van der Waals surface area contributed by atoms with Gasteiger partial charge in [-0.05, 0) is 48.9 Å². The number of hydrogen-bond donors (Lipinski definition) is 2. The molecular weight excluding hydrogens is 382 g/mol. The number of carbonyl (C=O) groups excluding carboxylic acids is 1. The minimum atomic E-state index is -0.275. The second-order valence-corrected chi connectivity index (χ2v) is 7.59. The van der Waals surface area contributed by atoms with Crippen LogP contribution in [0.25, 0.3) is 21.1 Å². The van der Waals surface area contributed by atoms with Crippen LogP contribution >= 0.6 is 22.9 Å². The highest BCUT2D eigenvalue weighted by molar-refractivity contribution is 7.21. The summed E-state index contributed by atoms with van der Waals surface area (Å²) in [5.41, 5.74) is 9.10. The molecule has 4 rings (SSSR count). The quantitative estimate of drug-likeness (QED) is 0.494. The summed E-state index contributed by atoms with van der Waals surface area (Å²) in [6, 6.07) is 12.9. The molecule has 27 heavy (non-hydrogen) atoms. The summed E-state index contributed by atoms with van der Waals surface area (Å²) < 4.78 is 5.26. The lowest BCUT2D eigenvalue weighted by atomic mass is 10.1. The molecule has 0 saturated heterocycles. The van der Waals surface area contributed by atoms with Crippen LogP contribution in [0.2, 0.25) is 5.02 Å². The zero-order valence-corrected chi connectivity index (χ0v) is 16.2. The number of rotatable bonds is 3. The Labute approximate surface area is 164 Å². The summed E-state index contributed by atoms with van der Waals surface area (Å²) in [5, 5.41) is 5.11. The van der Waals surface area contributed by atoms with Gasteiger partial charge in [0.05, 0.1) is 18.3 Å². The Balaban J connectivity index is 1.77. The number of methoxy groups -OCH3 is 1. The number of hydrogen-bond acceptors (Lipinski definition) is 5. The number of nitrogens with one attached hydrogen (secondary N) is 1. The fraction of sp³-hybridized carbons (Fsp3) is 0.100. The van der Waals surface area contributed by atoms with Crippen LogP contribution in [0.4, 0.5) is 11.4 Å². The number of nitrogens with zero attached hydrogens (tertiary/aromatic N) is 1. The van der Waals surface area contributed by atoms with Crippen LogP contribution in [0.5, 0.6) is 5.75 Å². The number of nitrogen functional groups attached to an aromatic ring is 1. The van der Waals surface area contributed by atoms with Gasteiger partial charge in [-0.15, -0.1) is 11.3 Å². The lowest BCUT2D eigenvalue weighted by Gasteiger charge is -2.08. The molecule has 0 spiro atoms. The van der Waals surface area contributed by atoms with Crippen molar-refractivity contribution in [3.05, 3.63) is 57.9 Å². The number of nitrogens with two attached hydrogens (primary N) is 1. The minimum Gasteiger partial charge on any atom is -0.497 e. The zero-order chi connectivity index (χ0) is 19.1. The molecule has 1 amide bonds. The van der Waals surface area contributed by atoms with Gasteiger partial charge >= 0.3 is 0 Å². The van der Waals surface area contributed by atoms with Gasteiger partial charge in [0.25, 0.3) is 5.91 Å². The van der Waals surface area contributed by atoms with E-state index in [1.807, 2.05) is 37.3 Å². The van der Waals surface area contributed by atoms with Crippen molar-refractivity contribution in [2.24, 2.45) is 0 Å². The Hall–Kier alpha value is -2.83. The van der Waals surface area contributed by atoms with Crippen LogP contribution in [0.15, 0.2) is 42.5 Å². The first-order valence-electron chi connectivity index (χ1n) is 8.20. The van der Waals surface area contributed by atoms with E-state index in [4.69, 9.17) is 22.1 Å². The molecule has 0 radical (unpaired) electrons. The van der Waals surface area contributed by atoms with Gasteiger partial charge in [-0.1, -0.05) is 17.7 Å². The van der Waals surface area contributed by atoms with Crippen molar-refractivity contribution in [3.63, 3.8) is 0 Å². The lowest BCUT2D eigenvalue weighted by Crippen LogP contribution is -2.12. The van der Waals surface area contributed by atoms with Crippen LogP contribution in [0.3, 0.4) is 0 Å². The number of aryl methyl sites for hydroxylation is 1. The number of carbonyl (C=O) groups is 1. The normalized spacial score (nSPS) is 11.1. The molecule has 0 aliphatic heterocycles. The van der Waals surface area contributed by atoms with Crippen molar-refractivity contribution in [1.29, 1.82) is 0 Å². The second-order valence-electron chi connectivity index (χ2n) is 6.16. The number of halogens is 1. The Kier molecular flexibility index (Phi) is 4.37. The topological polar surface area (TPSA) is 77.2 Å². The molecular formula is C20H16ClN3O2S. The fourth-order valence-corrected chi connectivity index (χ4v) is 4.04. The predicted molar refractivity (Wildman–Crippen MR) is 112 cm³/mol. The first-order chi connectivity index (χ1) is 13.0. The van der Waals surface area contributed by atoms with Crippen LogP contribution in [0, 0.1) is 6.92 Å². The predicted octanol–water partition coefficient (Wildman–Crippen LogP) is 5.25. The molecule has 0 bridgehead atoms. The SMILES string of the molecule is COc1ccc2nc3sc(C(=O)Nc4cc(Cl)ccc4C)c(N)c3cc2c1. The van der Waals surface area contributed by atoms with Crippen molar-refractivity contribution in [2.75, 3.05) is 18.2 Å². The van der Waals surface area contributed by atoms with Crippen molar-refractivity contribution in [3.8, 4) is 5.75 Å². The number of thiophene rings is 1. The lowest BCUT2D eigenvalue weighted by molar-refractivity contribution is 0.103. The second kappa shape index (κ2) is 6.72. The van der Waals surface area contributed by atoms with Crippen molar-refractivity contribution >= 4 is 61.3 Å². The summed E-state index contributed by atoms with van der Waals surface area (Å²) in [6.07, 6.45) is 0. The van der Waals surface area contributed by atoms with Crippen molar-refractivity contribution < 1.29 is 9.53 Å². The van der Waals surface area contributed by atoms with E-state index in [1.54, 1.807) is 19.2 Å². The largest absolute Gasteiger partial charge is 0.497 e. The molecule has 0 fully saturated rings. The van der Waals surface area contributed by atoms with E-state index in [2.05, 4.69) is 10.3 Å². The summed E-state index contributed by atoms with van der Waals surface area (Å²) in [5.74, 6) is 0.467. The average molecular weight is 398 g/mol. The van der Waals surface area contributed by atoms with Gasteiger partial charge in [-0.25, -0.2) is 4.98 Å². The van der Waals surface area contributed by atoms with Gasteiger partial charge < -0.3 is 15.8 Å². The van der Waals surface area contributed by atoms with Gasteiger partial charge in [0, 0.05) is 21.5 Å². The number of aromatic nitrogens is 1. The van der Waals surface area contributed by atoms with Gasteiger partial charge in [0.2, 0.25) is 0 Å². The third-order valence-corrected chi connectivity index (χ3v) is 5.72. The van der Waals surface area contributed by atoms with E-state index in [0.29, 0.717) is 21.3 Å². The third-order valence-electron chi connectivity index (χ3n) is 4.37. The average Bonchev–Trinajstić information content (AvgIpc) is 2.98. The van der Waals surface area contributed by atoms with Crippen LogP contribution in [-0.2, 0) is 0 Å². The van der Waals surface area contributed by atoms with E-state index in [0.717, 1.165) is 32.4 Å². The summed E-state index contributed by atoms with van der Waals surface area (Å²) in [4.78, 5) is 18.6. The van der Waals surface area contributed by atoms with E-state index >= 15 is 0 Å². The molecule has 5 nitrogen and oxygen atoms in total. The molecule has 0 unspecified atom stereocenters. The van der Waals surface area contributed by atoms with Gasteiger partial charge in [0.1, 0.15) is 15.5 Å². The molecule has 2 heterocycles. The summed E-state index contributed by atoms with van der Waals surface area (Å²) >= 11 is 7.31. The maximum Gasteiger partial charge on any atom is 0.267 e. The monoisotopic (exact) mass is 397 g/mol. The minimum absolute atomic E-state index is 0.275. The number of fused-ring (bicyclic) bond motifs is 2. The molecule has 2 aromatic carbocycles. The maximum absolute atomic E-state index is 12.8. The molecule has 4 aromatic rings. The number of ether oxygens (including phenoxy) is 1. The molecule has 2 aromatic heterocycles. The van der Waals surface area contributed by atoms with Crippen LogP contribution in [-0.4, -0.2) is 18.0 Å². The van der Waals surface area contributed by atoms with Gasteiger partial charge in [-0.3, -0.25) is 4.79 Å². The molecule has 0 aliphatic rings. The van der Waals surface area contributed by atoms with Crippen molar-refractivity contribution in [2.45, 2.75) is 6.92 Å². The molecule has 136 valence electrons. The number of pyridine rings is 1. The standard InChI is InChI=1S/C20H16ClN3O2S/c1-10-3-4-12(21)9-16(10)23-19(25)18-17(22)14-8-11-7-13(26-2)5-6-15(11)24-20(14)27-18/h3-9H,22H2,1-2H3,(H,23,25). The molecule has 3 N–H and O–H groups in total. The molecule has 0 saturated carbocycles. The van der Waals surface area contributed by atoms with E-state index in [-0.39, 0.29) is 5.91 Å². The zero-order valence-electron chi connectivity index (χ0n) is 14.7. The Morgan fingerprint density at radius 2 is 2.04 bits per heavy atom. The Bertz CT molecular complexity index is 1200. The van der Waals surface area contributed by atoms with E-state index < -0.39 is 0 Å². The number of anilines is 2. The Morgan fingerprint density at radius 3 is 2.81 bits per heavy atom. The van der Waals surface area contributed by atoms with Crippen molar-refractivity contribution in [1.82, 2.24) is 4.98 Å². The van der Waals surface area contributed by atoms with E-state index in [1.165, 1.54) is 11.3 Å². The molecule has 0 aliphatic carbocycles. The van der Waals surface area contributed by atoms with Crippen LogP contribution < -0.4 is 15.8 Å². The highest BCUT2D eigenvalue weighted by atomic mass is 35.5. The number of benzene rings is 2. The van der Waals surface area contributed by atoms with Gasteiger partial charge in [-0.2, -0.15) is 0 Å². The Morgan fingerprint density at radius 1 is 1.22 bits per heavy atom. The van der Waals surface area contributed by atoms with Crippen LogP contribution in [0.1, 0.15) is 15.2 Å². The maximum atomic E-state index is 12.8. The smallest absolute Gasteiger partial charge is 0.267 e. The van der Waals surface area contributed by atoms with Gasteiger partial charge in [0.15, 0.2) is 0 Å². The molecule has 7 heteroatoms. The highest BCUT2D eigenvalue weighted by Gasteiger charge is 2.19. The fourth-order valence-electron chi connectivity index (χ4n) is 2.89. The summed E-state index contributed by atoms with van der Waals surface area (Å²) in [7, 11) is 1.62. The highest BCUT2D eigenvalue weighted by Crippen LogP contribution is 2.36. The first-order valence-corrected chi connectivity index (χ1v) is 9.40. The first kappa shape index (κ1) is 17.6. The third kappa shape index (κ3) is 3.18. The number of amides is 1. The summed E-state index contributed by atoms with van der Waals surface area (Å²) in [6.45, 7) is 1.90. The molecule has 0 atom stereocenters. The van der Waals surface area contributed by atoms with E-state index in [9.17, 15) is 4.79 Å².